The van der Waals surface area contributed by atoms with Gasteiger partial charge in [-0.15, -0.1) is 0 Å². The topological polar surface area (TPSA) is 82.1 Å². The van der Waals surface area contributed by atoms with Crippen molar-refractivity contribution in [3.8, 4) is 5.75 Å². The SMILES string of the molecule is CN1CCCCC1COc1ccccc1NC1=CC(=O)N(CCO)C1=O. The highest BCUT2D eigenvalue weighted by Gasteiger charge is 2.31. The first-order valence-corrected chi connectivity index (χ1v) is 8.97. The Hall–Kier alpha value is -2.38. The molecule has 1 aromatic rings. The number of ether oxygens (including phenoxy) is 1. The predicted molar refractivity (Wildman–Crippen MR) is 97.7 cm³/mol. The first kappa shape index (κ1) is 18.4. The van der Waals surface area contributed by atoms with Gasteiger partial charge in [-0.3, -0.25) is 14.5 Å². The van der Waals surface area contributed by atoms with Crippen LogP contribution in [0.15, 0.2) is 36.0 Å². The van der Waals surface area contributed by atoms with Crippen LogP contribution >= 0.6 is 0 Å². The van der Waals surface area contributed by atoms with E-state index >= 15 is 0 Å². The van der Waals surface area contributed by atoms with Gasteiger partial charge in [0.15, 0.2) is 0 Å². The van der Waals surface area contributed by atoms with Crippen LogP contribution in [0.2, 0.25) is 0 Å². The standard InChI is InChI=1S/C19H25N3O4/c1-21-9-5-4-6-14(21)13-26-17-8-3-2-7-15(17)20-16-12-18(24)22(10-11-23)19(16)25/h2-3,7-8,12,14,20,23H,4-6,9-11,13H2,1H3. The number of benzene rings is 1. The van der Waals surface area contributed by atoms with Gasteiger partial charge in [0, 0.05) is 12.1 Å². The number of aliphatic hydroxyl groups excluding tert-OH is 1. The average molecular weight is 359 g/mol. The molecular weight excluding hydrogens is 334 g/mol. The van der Waals surface area contributed by atoms with Crippen LogP contribution in [0.5, 0.6) is 5.75 Å². The van der Waals surface area contributed by atoms with Gasteiger partial charge in [0.2, 0.25) is 0 Å². The van der Waals surface area contributed by atoms with E-state index in [0.717, 1.165) is 17.9 Å². The zero-order valence-corrected chi connectivity index (χ0v) is 15.0. The Labute approximate surface area is 153 Å². The molecule has 2 aliphatic rings. The van der Waals surface area contributed by atoms with Gasteiger partial charge in [-0.25, -0.2) is 0 Å². The quantitative estimate of drug-likeness (QED) is 0.712. The third-order valence-corrected chi connectivity index (χ3v) is 4.84. The molecule has 7 heteroatoms. The highest BCUT2D eigenvalue weighted by Crippen LogP contribution is 2.28. The van der Waals surface area contributed by atoms with Crippen molar-refractivity contribution < 1.29 is 19.4 Å². The Bertz CT molecular complexity index is 704. The number of amides is 2. The van der Waals surface area contributed by atoms with Gasteiger partial charge >= 0.3 is 0 Å². The summed E-state index contributed by atoms with van der Waals surface area (Å²) in [4.78, 5) is 27.5. The van der Waals surface area contributed by atoms with Gasteiger partial charge in [-0.2, -0.15) is 0 Å². The van der Waals surface area contributed by atoms with E-state index in [0.29, 0.717) is 24.1 Å². The van der Waals surface area contributed by atoms with Crippen molar-refractivity contribution in [1.82, 2.24) is 9.80 Å². The molecule has 1 unspecified atom stereocenters. The molecule has 2 N–H and O–H groups in total. The third kappa shape index (κ3) is 4.05. The molecule has 26 heavy (non-hydrogen) atoms. The van der Waals surface area contributed by atoms with E-state index in [1.54, 1.807) is 0 Å². The molecule has 1 saturated heterocycles. The molecule has 1 atom stereocenters. The summed E-state index contributed by atoms with van der Waals surface area (Å²) >= 11 is 0. The van der Waals surface area contributed by atoms with Crippen LogP contribution in [0, 0.1) is 0 Å². The Kier molecular flexibility index (Phi) is 5.90. The smallest absolute Gasteiger partial charge is 0.277 e. The monoisotopic (exact) mass is 359 g/mol. The molecule has 1 aromatic carbocycles. The van der Waals surface area contributed by atoms with E-state index in [1.165, 1.54) is 18.9 Å². The number of hydrogen-bond acceptors (Lipinski definition) is 6. The average Bonchev–Trinajstić information content (AvgIpc) is 2.90. The van der Waals surface area contributed by atoms with Crippen LogP contribution in [0.1, 0.15) is 19.3 Å². The number of carbonyl (C=O) groups excluding carboxylic acids is 2. The number of hydrogen-bond donors (Lipinski definition) is 2. The number of aliphatic hydroxyl groups is 1. The van der Waals surface area contributed by atoms with E-state index in [4.69, 9.17) is 9.84 Å². The van der Waals surface area contributed by atoms with Crippen molar-refractivity contribution >= 4 is 17.5 Å². The minimum absolute atomic E-state index is 0.00842. The van der Waals surface area contributed by atoms with Crippen molar-refractivity contribution in [2.75, 3.05) is 38.7 Å². The lowest BCUT2D eigenvalue weighted by atomic mass is 10.0. The fourth-order valence-corrected chi connectivity index (χ4v) is 3.29. The Morgan fingerprint density at radius 1 is 1.27 bits per heavy atom. The lowest BCUT2D eigenvalue weighted by molar-refractivity contribution is -0.137. The molecule has 2 amide bonds. The van der Waals surface area contributed by atoms with Gasteiger partial charge in [-0.1, -0.05) is 18.6 Å². The van der Waals surface area contributed by atoms with Gasteiger partial charge < -0.3 is 20.1 Å². The fourth-order valence-electron chi connectivity index (χ4n) is 3.29. The molecule has 0 aliphatic carbocycles. The minimum atomic E-state index is -0.439. The predicted octanol–water partition coefficient (Wildman–Crippen LogP) is 1.21. The van der Waals surface area contributed by atoms with Crippen molar-refractivity contribution in [2.45, 2.75) is 25.3 Å². The number of nitrogens with zero attached hydrogens (tertiary/aromatic N) is 2. The maximum Gasteiger partial charge on any atom is 0.277 e. The molecule has 3 rings (SSSR count). The molecular formula is C19H25N3O4. The number of nitrogens with one attached hydrogen (secondary N) is 1. The molecule has 7 nitrogen and oxygen atoms in total. The number of carbonyl (C=O) groups is 2. The first-order valence-electron chi connectivity index (χ1n) is 8.97. The second-order valence-corrected chi connectivity index (χ2v) is 6.64. The maximum atomic E-state index is 12.3. The van der Waals surface area contributed by atoms with Crippen LogP contribution in [-0.2, 0) is 9.59 Å². The van der Waals surface area contributed by atoms with Crippen molar-refractivity contribution in [3.05, 3.63) is 36.0 Å². The molecule has 1 fully saturated rings. The van der Waals surface area contributed by atoms with Crippen LogP contribution in [0.25, 0.3) is 0 Å². The zero-order chi connectivity index (χ0) is 18.5. The summed E-state index contributed by atoms with van der Waals surface area (Å²) in [5, 5.41) is 12.0. The van der Waals surface area contributed by atoms with Gasteiger partial charge in [0.05, 0.1) is 18.8 Å². The lowest BCUT2D eigenvalue weighted by Crippen LogP contribution is -2.40. The summed E-state index contributed by atoms with van der Waals surface area (Å²) < 4.78 is 6.01. The highest BCUT2D eigenvalue weighted by molar-refractivity contribution is 6.17. The van der Waals surface area contributed by atoms with E-state index < -0.39 is 11.8 Å². The summed E-state index contributed by atoms with van der Waals surface area (Å²) in [6.45, 7) is 1.40. The second kappa shape index (κ2) is 8.33. The number of piperidine rings is 1. The van der Waals surface area contributed by atoms with Crippen LogP contribution in [0.3, 0.4) is 0 Å². The van der Waals surface area contributed by atoms with Crippen LogP contribution in [-0.4, -0.2) is 66.1 Å². The summed E-state index contributed by atoms with van der Waals surface area (Å²) in [7, 11) is 2.11. The summed E-state index contributed by atoms with van der Waals surface area (Å²) in [5.74, 6) is -0.215. The number of anilines is 1. The number of rotatable bonds is 7. The Morgan fingerprint density at radius 3 is 2.85 bits per heavy atom. The van der Waals surface area contributed by atoms with Crippen LogP contribution in [0.4, 0.5) is 5.69 Å². The second-order valence-electron chi connectivity index (χ2n) is 6.64. The van der Waals surface area contributed by atoms with Gasteiger partial charge in [-0.05, 0) is 38.6 Å². The number of likely N-dealkylation sites (tertiary alicyclic amines) is 1. The van der Waals surface area contributed by atoms with Crippen molar-refractivity contribution in [3.63, 3.8) is 0 Å². The van der Waals surface area contributed by atoms with Crippen molar-refractivity contribution in [2.24, 2.45) is 0 Å². The molecule has 0 saturated carbocycles. The summed E-state index contributed by atoms with van der Waals surface area (Å²) in [6, 6.07) is 7.76. The molecule has 0 spiro atoms. The van der Waals surface area contributed by atoms with E-state index in [-0.39, 0.29) is 18.8 Å². The molecule has 0 aromatic heterocycles. The van der Waals surface area contributed by atoms with Crippen LogP contribution < -0.4 is 10.1 Å². The largest absolute Gasteiger partial charge is 0.490 e. The summed E-state index contributed by atoms with van der Waals surface area (Å²) in [6.07, 6.45) is 4.80. The maximum absolute atomic E-state index is 12.3. The summed E-state index contributed by atoms with van der Waals surface area (Å²) in [5.41, 5.74) is 0.832. The number of imide groups is 1. The molecule has 0 bridgehead atoms. The highest BCUT2D eigenvalue weighted by atomic mass is 16.5. The van der Waals surface area contributed by atoms with E-state index in [9.17, 15) is 9.59 Å². The third-order valence-electron chi connectivity index (χ3n) is 4.84. The minimum Gasteiger partial charge on any atom is -0.490 e. The Balaban J connectivity index is 1.67. The number of likely N-dealkylation sites (N-methyl/N-ethyl adjacent to an activating group) is 1. The molecule has 2 aliphatic heterocycles. The van der Waals surface area contributed by atoms with E-state index in [1.807, 2.05) is 24.3 Å². The van der Waals surface area contributed by atoms with Gasteiger partial charge in [0.1, 0.15) is 18.1 Å². The Morgan fingerprint density at radius 2 is 2.08 bits per heavy atom. The zero-order valence-electron chi connectivity index (χ0n) is 15.0. The first-order chi connectivity index (χ1) is 12.6. The molecule has 2 heterocycles. The normalized spacial score (nSPS) is 21.1. The lowest BCUT2D eigenvalue weighted by Gasteiger charge is -2.32. The fraction of sp³-hybridized carbons (Fsp3) is 0.474. The number of para-hydroxylation sites is 2. The van der Waals surface area contributed by atoms with E-state index in [2.05, 4.69) is 17.3 Å². The van der Waals surface area contributed by atoms with Gasteiger partial charge in [0.25, 0.3) is 11.8 Å². The molecule has 140 valence electrons. The number of β-amino-alcohol motifs (C(OH)–C–C–N with tert-alkyl or cyclic N) is 1. The molecule has 0 radical (unpaired) electrons. The van der Waals surface area contributed by atoms with Crippen molar-refractivity contribution in [1.29, 1.82) is 0 Å².